The van der Waals surface area contributed by atoms with Gasteiger partial charge >= 0.3 is 0 Å². The van der Waals surface area contributed by atoms with Crippen molar-refractivity contribution in [2.45, 2.75) is 13.3 Å². The number of nitrogens with zero attached hydrogens (tertiary/aromatic N) is 5. The molecule has 1 saturated heterocycles. The van der Waals surface area contributed by atoms with Gasteiger partial charge in [-0.25, -0.2) is 4.98 Å². The van der Waals surface area contributed by atoms with Crippen LogP contribution in [0.2, 0.25) is 0 Å². The number of carbonyl (C=O) groups is 1. The molecule has 2 heterocycles. The lowest BCUT2D eigenvalue weighted by Gasteiger charge is -2.35. The fourth-order valence-electron chi connectivity index (χ4n) is 3.53. The highest BCUT2D eigenvalue weighted by atomic mass is 16.5. The monoisotopic (exact) mass is 438 g/mol. The van der Waals surface area contributed by atoms with E-state index in [4.69, 9.17) is 4.74 Å². The summed E-state index contributed by atoms with van der Waals surface area (Å²) in [5, 5.41) is 3.29. The number of aromatic nitrogens is 1. The Hall–Kier alpha value is -3.29. The van der Waals surface area contributed by atoms with Gasteiger partial charge in [0, 0.05) is 52.4 Å². The average molecular weight is 439 g/mol. The van der Waals surface area contributed by atoms with Crippen LogP contribution in [0, 0.1) is 0 Å². The van der Waals surface area contributed by atoms with Gasteiger partial charge in [0.15, 0.2) is 5.96 Å². The maximum absolute atomic E-state index is 12.6. The molecule has 2 aromatic rings. The first-order chi connectivity index (χ1) is 15.7. The summed E-state index contributed by atoms with van der Waals surface area (Å²) < 4.78 is 5.77. The number of piperazine rings is 1. The first-order valence-electron chi connectivity index (χ1n) is 11.3. The Morgan fingerprint density at radius 1 is 1.12 bits per heavy atom. The van der Waals surface area contributed by atoms with Gasteiger partial charge in [0.2, 0.25) is 5.91 Å². The van der Waals surface area contributed by atoms with E-state index in [1.165, 1.54) is 0 Å². The third-order valence-electron chi connectivity index (χ3n) is 5.33. The first kappa shape index (κ1) is 23.4. The molecule has 8 nitrogen and oxygen atoms in total. The number of ether oxygens (including phenoxy) is 1. The lowest BCUT2D eigenvalue weighted by molar-refractivity contribution is -0.131. The van der Waals surface area contributed by atoms with Gasteiger partial charge in [-0.1, -0.05) is 24.3 Å². The number of guanidine groups is 1. The fraction of sp³-hybridized carbons (Fsp3) is 0.458. The summed E-state index contributed by atoms with van der Waals surface area (Å²) >= 11 is 0. The SMILES string of the molecule is CCNC(=NCCC(=O)N1CCN(c2ccccn2)CC1)N(C)CCOc1ccccc1. The molecule has 0 aliphatic carbocycles. The number of amides is 1. The van der Waals surface area contributed by atoms with E-state index >= 15 is 0 Å². The fourth-order valence-corrected chi connectivity index (χ4v) is 3.53. The highest BCUT2D eigenvalue weighted by Gasteiger charge is 2.21. The van der Waals surface area contributed by atoms with E-state index in [1.54, 1.807) is 6.20 Å². The minimum absolute atomic E-state index is 0.153. The molecule has 32 heavy (non-hydrogen) atoms. The highest BCUT2D eigenvalue weighted by Crippen LogP contribution is 2.13. The summed E-state index contributed by atoms with van der Waals surface area (Å²) in [5.41, 5.74) is 0. The summed E-state index contributed by atoms with van der Waals surface area (Å²) in [6.45, 7) is 7.58. The van der Waals surface area contributed by atoms with E-state index in [-0.39, 0.29) is 5.91 Å². The molecule has 1 fully saturated rings. The van der Waals surface area contributed by atoms with Crippen LogP contribution in [-0.2, 0) is 4.79 Å². The molecule has 1 aromatic heterocycles. The van der Waals surface area contributed by atoms with Crippen molar-refractivity contribution in [2.75, 3.05) is 64.4 Å². The molecule has 3 rings (SSSR count). The number of para-hydroxylation sites is 1. The van der Waals surface area contributed by atoms with Crippen molar-refractivity contribution in [2.24, 2.45) is 4.99 Å². The lowest BCUT2D eigenvalue weighted by Crippen LogP contribution is -2.49. The molecule has 1 aliphatic rings. The van der Waals surface area contributed by atoms with Crippen LogP contribution < -0.4 is 15.0 Å². The van der Waals surface area contributed by atoms with Crippen molar-refractivity contribution in [3.8, 4) is 5.75 Å². The molecule has 0 unspecified atom stereocenters. The minimum Gasteiger partial charge on any atom is -0.492 e. The average Bonchev–Trinajstić information content (AvgIpc) is 2.84. The Morgan fingerprint density at radius 2 is 1.88 bits per heavy atom. The number of hydrogen-bond acceptors (Lipinski definition) is 5. The Balaban J connectivity index is 1.41. The predicted octanol–water partition coefficient (Wildman–Crippen LogP) is 2.10. The Morgan fingerprint density at radius 3 is 2.56 bits per heavy atom. The van der Waals surface area contributed by atoms with E-state index in [1.807, 2.05) is 72.3 Å². The number of anilines is 1. The van der Waals surface area contributed by atoms with Gasteiger partial charge in [0.25, 0.3) is 0 Å². The minimum atomic E-state index is 0.153. The number of pyridine rings is 1. The summed E-state index contributed by atoms with van der Waals surface area (Å²) in [6.07, 6.45) is 2.21. The smallest absolute Gasteiger partial charge is 0.224 e. The van der Waals surface area contributed by atoms with Gasteiger partial charge in [0.1, 0.15) is 18.2 Å². The molecular formula is C24H34N6O2. The standard InChI is InChI=1S/C24H34N6O2/c1-3-25-24(28(2)19-20-32-21-9-5-4-6-10-21)27-14-12-23(31)30-17-15-29(16-18-30)22-11-7-8-13-26-22/h4-11,13H,3,12,14-20H2,1-2H3,(H,25,27). The quantitative estimate of drug-likeness (QED) is 0.478. The van der Waals surface area contributed by atoms with Crippen LogP contribution in [0.25, 0.3) is 0 Å². The Labute approximate surface area is 190 Å². The zero-order valence-electron chi connectivity index (χ0n) is 19.1. The highest BCUT2D eigenvalue weighted by molar-refractivity contribution is 5.81. The molecule has 172 valence electrons. The molecule has 1 aromatic carbocycles. The van der Waals surface area contributed by atoms with E-state index in [0.717, 1.165) is 50.3 Å². The lowest BCUT2D eigenvalue weighted by atomic mass is 10.2. The molecule has 0 spiro atoms. The second-order valence-electron chi connectivity index (χ2n) is 7.62. The summed E-state index contributed by atoms with van der Waals surface area (Å²) in [7, 11) is 1.98. The van der Waals surface area contributed by atoms with Gasteiger partial charge in [-0.15, -0.1) is 0 Å². The second kappa shape index (κ2) is 12.5. The van der Waals surface area contributed by atoms with E-state index in [0.29, 0.717) is 26.1 Å². The maximum atomic E-state index is 12.6. The Bertz CT molecular complexity index is 838. The van der Waals surface area contributed by atoms with Crippen molar-refractivity contribution < 1.29 is 9.53 Å². The topological polar surface area (TPSA) is 73.3 Å². The maximum Gasteiger partial charge on any atom is 0.224 e. The number of carbonyl (C=O) groups excluding carboxylic acids is 1. The molecule has 8 heteroatoms. The molecule has 0 atom stereocenters. The van der Waals surface area contributed by atoms with E-state index in [9.17, 15) is 4.79 Å². The van der Waals surface area contributed by atoms with Gasteiger partial charge in [-0.05, 0) is 31.2 Å². The van der Waals surface area contributed by atoms with Crippen LogP contribution in [0.1, 0.15) is 13.3 Å². The zero-order valence-corrected chi connectivity index (χ0v) is 19.1. The molecule has 1 aliphatic heterocycles. The van der Waals surface area contributed by atoms with E-state index < -0.39 is 0 Å². The van der Waals surface area contributed by atoms with Gasteiger partial charge in [-0.3, -0.25) is 9.79 Å². The van der Waals surface area contributed by atoms with Crippen molar-refractivity contribution in [1.29, 1.82) is 0 Å². The van der Waals surface area contributed by atoms with Gasteiger partial charge in [0.05, 0.1) is 13.1 Å². The predicted molar refractivity (Wildman–Crippen MR) is 128 cm³/mol. The largest absolute Gasteiger partial charge is 0.492 e. The molecule has 1 amide bonds. The number of rotatable bonds is 9. The summed E-state index contributed by atoms with van der Waals surface area (Å²) in [6, 6.07) is 15.7. The number of likely N-dealkylation sites (N-methyl/N-ethyl adjacent to an activating group) is 1. The van der Waals surface area contributed by atoms with Crippen LogP contribution in [0.15, 0.2) is 59.7 Å². The third kappa shape index (κ3) is 7.14. The van der Waals surface area contributed by atoms with Gasteiger partial charge in [-0.2, -0.15) is 0 Å². The molecule has 0 radical (unpaired) electrons. The van der Waals surface area contributed by atoms with Crippen LogP contribution >= 0.6 is 0 Å². The summed E-state index contributed by atoms with van der Waals surface area (Å²) in [5.74, 6) is 2.77. The van der Waals surface area contributed by atoms with Crippen molar-refractivity contribution in [3.63, 3.8) is 0 Å². The molecule has 0 bridgehead atoms. The number of nitrogens with one attached hydrogen (secondary N) is 1. The first-order valence-corrected chi connectivity index (χ1v) is 11.3. The third-order valence-corrected chi connectivity index (χ3v) is 5.33. The normalized spacial score (nSPS) is 14.2. The van der Waals surface area contributed by atoms with Crippen LogP contribution in [0.5, 0.6) is 5.75 Å². The second-order valence-corrected chi connectivity index (χ2v) is 7.62. The number of aliphatic imine (C=N–C) groups is 1. The molecule has 0 saturated carbocycles. The van der Waals surface area contributed by atoms with Crippen molar-refractivity contribution in [3.05, 3.63) is 54.7 Å². The van der Waals surface area contributed by atoms with Crippen molar-refractivity contribution >= 4 is 17.7 Å². The van der Waals surface area contributed by atoms with Crippen LogP contribution in [-0.4, -0.2) is 86.1 Å². The van der Waals surface area contributed by atoms with E-state index in [2.05, 4.69) is 20.2 Å². The van der Waals surface area contributed by atoms with Crippen LogP contribution in [0.4, 0.5) is 5.82 Å². The number of benzene rings is 1. The van der Waals surface area contributed by atoms with Gasteiger partial charge < -0.3 is 24.8 Å². The Kier molecular flexibility index (Phi) is 9.16. The molecular weight excluding hydrogens is 404 g/mol. The van der Waals surface area contributed by atoms with Crippen molar-refractivity contribution in [1.82, 2.24) is 20.1 Å². The molecule has 1 N–H and O–H groups in total. The number of hydrogen-bond donors (Lipinski definition) is 1. The zero-order chi connectivity index (χ0) is 22.6. The van der Waals surface area contributed by atoms with Crippen LogP contribution in [0.3, 0.4) is 0 Å². The summed E-state index contributed by atoms with van der Waals surface area (Å²) in [4.78, 5) is 27.9.